The van der Waals surface area contributed by atoms with Gasteiger partial charge in [-0.25, -0.2) is 0 Å². The number of hydrogen-bond donors (Lipinski definition) is 0. The summed E-state index contributed by atoms with van der Waals surface area (Å²) in [6.07, 6.45) is 6.03. The Kier molecular flexibility index (Phi) is 5.13. The second-order valence-corrected chi connectivity index (χ2v) is 8.31. The van der Waals surface area contributed by atoms with Gasteiger partial charge in [-0.15, -0.1) is 0 Å². The number of benzene rings is 2. The van der Waals surface area contributed by atoms with E-state index in [-0.39, 0.29) is 0 Å². The van der Waals surface area contributed by atoms with Gasteiger partial charge in [0.05, 0.1) is 31.8 Å². The highest BCUT2D eigenvalue weighted by atomic mass is 32.2. The summed E-state index contributed by atoms with van der Waals surface area (Å²) >= 11 is 1.79. The summed E-state index contributed by atoms with van der Waals surface area (Å²) in [4.78, 5) is 0.621. The summed E-state index contributed by atoms with van der Waals surface area (Å²) in [7, 11) is 5.04. The Bertz CT molecular complexity index is 764. The number of methoxy groups -OCH3 is 3. The highest BCUT2D eigenvalue weighted by molar-refractivity contribution is 8.00. The summed E-state index contributed by atoms with van der Waals surface area (Å²) in [5.41, 5.74) is 0.974. The summed E-state index contributed by atoms with van der Waals surface area (Å²) < 4.78 is 23.8. The first kappa shape index (κ1) is 18.4. The number of rotatable bonds is 5. The molecule has 0 radical (unpaired) electrons. The summed E-state index contributed by atoms with van der Waals surface area (Å²) in [5.74, 6) is 3.54. The molecule has 144 valence electrons. The summed E-state index contributed by atoms with van der Waals surface area (Å²) in [5, 5.41) is 0. The van der Waals surface area contributed by atoms with Crippen molar-refractivity contribution in [2.24, 2.45) is 5.92 Å². The molecule has 0 spiro atoms. The molecule has 0 bridgehead atoms. The van der Waals surface area contributed by atoms with Crippen LogP contribution in [0.3, 0.4) is 0 Å². The smallest absolute Gasteiger partial charge is 0.194 e. The molecule has 1 fully saturated rings. The Morgan fingerprint density at radius 1 is 0.926 bits per heavy atom. The molecule has 1 unspecified atom stereocenters. The zero-order chi connectivity index (χ0) is 18.9. The fraction of sp³-hybridized carbons (Fsp3) is 0.455. The van der Waals surface area contributed by atoms with Crippen LogP contribution >= 0.6 is 11.8 Å². The Morgan fingerprint density at radius 3 is 2.19 bits per heavy atom. The van der Waals surface area contributed by atoms with Gasteiger partial charge >= 0.3 is 0 Å². The maximum absolute atomic E-state index is 6.74. The highest BCUT2D eigenvalue weighted by Crippen LogP contribution is 2.62. The van der Waals surface area contributed by atoms with E-state index in [1.54, 1.807) is 33.1 Å². The SMILES string of the molecule is COc1cc(OC)c(C2(C3CCCCC3)Oc3ccccc3S2)c(OC)c1. The number of fused-ring (bicyclic) bond motifs is 1. The van der Waals surface area contributed by atoms with Crippen LogP contribution < -0.4 is 18.9 Å². The topological polar surface area (TPSA) is 36.9 Å². The van der Waals surface area contributed by atoms with Gasteiger partial charge in [0.15, 0.2) is 4.93 Å². The van der Waals surface area contributed by atoms with E-state index in [9.17, 15) is 0 Å². The van der Waals surface area contributed by atoms with Crippen molar-refractivity contribution in [3.63, 3.8) is 0 Å². The van der Waals surface area contributed by atoms with Gasteiger partial charge in [-0.05, 0) is 25.0 Å². The fourth-order valence-corrected chi connectivity index (χ4v) is 5.79. The molecule has 4 rings (SSSR count). The van der Waals surface area contributed by atoms with Gasteiger partial charge in [0.2, 0.25) is 0 Å². The Morgan fingerprint density at radius 2 is 1.59 bits per heavy atom. The van der Waals surface area contributed by atoms with Gasteiger partial charge < -0.3 is 18.9 Å². The highest BCUT2D eigenvalue weighted by Gasteiger charge is 2.52. The first-order chi connectivity index (χ1) is 13.2. The fourth-order valence-electron chi connectivity index (χ4n) is 4.27. The van der Waals surface area contributed by atoms with Crippen LogP contribution in [0.5, 0.6) is 23.0 Å². The molecule has 2 aromatic rings. The zero-order valence-corrected chi connectivity index (χ0v) is 16.9. The van der Waals surface area contributed by atoms with Crippen LogP contribution in [0, 0.1) is 5.92 Å². The Balaban J connectivity index is 1.90. The van der Waals surface area contributed by atoms with Crippen LogP contribution in [-0.4, -0.2) is 21.3 Å². The summed E-state index contributed by atoms with van der Waals surface area (Å²) in [6.45, 7) is 0. The van der Waals surface area contributed by atoms with Crippen molar-refractivity contribution in [2.45, 2.75) is 41.9 Å². The van der Waals surface area contributed by atoms with Crippen molar-refractivity contribution in [1.29, 1.82) is 0 Å². The molecule has 5 heteroatoms. The molecule has 2 aromatic carbocycles. The van der Waals surface area contributed by atoms with Crippen LogP contribution in [0.2, 0.25) is 0 Å². The van der Waals surface area contributed by atoms with Crippen molar-refractivity contribution in [1.82, 2.24) is 0 Å². The third-order valence-corrected chi connectivity index (χ3v) is 7.06. The van der Waals surface area contributed by atoms with Gasteiger partial charge in [0, 0.05) is 18.1 Å². The maximum Gasteiger partial charge on any atom is 0.194 e. The molecule has 1 saturated carbocycles. The quantitative estimate of drug-likeness (QED) is 0.666. The third-order valence-electron chi connectivity index (χ3n) is 5.58. The van der Waals surface area contributed by atoms with Gasteiger partial charge in [-0.1, -0.05) is 43.2 Å². The minimum atomic E-state index is -0.549. The van der Waals surface area contributed by atoms with Crippen LogP contribution in [0.4, 0.5) is 0 Å². The van der Waals surface area contributed by atoms with Crippen molar-refractivity contribution in [3.05, 3.63) is 42.0 Å². The second kappa shape index (κ2) is 7.55. The number of hydrogen-bond acceptors (Lipinski definition) is 5. The number of para-hydroxylation sites is 1. The lowest BCUT2D eigenvalue weighted by Gasteiger charge is -2.39. The van der Waals surface area contributed by atoms with E-state index in [0.717, 1.165) is 35.7 Å². The van der Waals surface area contributed by atoms with Crippen LogP contribution in [0.15, 0.2) is 41.3 Å². The molecule has 27 heavy (non-hydrogen) atoms. The lowest BCUT2D eigenvalue weighted by Crippen LogP contribution is -2.37. The molecule has 1 aliphatic carbocycles. The molecule has 0 amide bonds. The number of thioether (sulfide) groups is 1. The zero-order valence-electron chi connectivity index (χ0n) is 16.1. The average Bonchev–Trinajstić information content (AvgIpc) is 3.13. The van der Waals surface area contributed by atoms with Crippen LogP contribution in [-0.2, 0) is 4.93 Å². The molecule has 1 atom stereocenters. The minimum Gasteiger partial charge on any atom is -0.496 e. The van der Waals surface area contributed by atoms with E-state index in [1.807, 2.05) is 18.2 Å². The molecule has 2 aliphatic rings. The first-order valence-electron chi connectivity index (χ1n) is 9.49. The molecule has 1 aliphatic heterocycles. The summed E-state index contributed by atoms with van der Waals surface area (Å²) in [6, 6.07) is 12.1. The average molecular weight is 387 g/mol. The van der Waals surface area contributed by atoms with Crippen molar-refractivity contribution < 1.29 is 18.9 Å². The van der Waals surface area contributed by atoms with Gasteiger partial charge in [0.25, 0.3) is 0 Å². The monoisotopic (exact) mass is 386 g/mol. The van der Waals surface area contributed by atoms with Crippen molar-refractivity contribution in [3.8, 4) is 23.0 Å². The third kappa shape index (κ3) is 3.12. The lowest BCUT2D eigenvalue weighted by atomic mass is 9.81. The van der Waals surface area contributed by atoms with E-state index >= 15 is 0 Å². The first-order valence-corrected chi connectivity index (χ1v) is 10.3. The van der Waals surface area contributed by atoms with Crippen molar-refractivity contribution in [2.75, 3.05) is 21.3 Å². The van der Waals surface area contributed by atoms with E-state index in [0.29, 0.717) is 11.7 Å². The lowest BCUT2D eigenvalue weighted by molar-refractivity contribution is 0.0742. The standard InChI is InChI=1S/C22H26O4S/c1-23-16-13-18(24-2)21(19(14-16)25-3)22(15-9-5-4-6-10-15)26-17-11-7-8-12-20(17)27-22/h7-8,11-15H,4-6,9-10H2,1-3H3. The van der Waals surface area contributed by atoms with E-state index < -0.39 is 4.93 Å². The predicted molar refractivity (Wildman–Crippen MR) is 107 cm³/mol. The second-order valence-electron chi connectivity index (χ2n) is 7.06. The Hall–Kier alpha value is -2.01. The molecule has 0 saturated heterocycles. The van der Waals surface area contributed by atoms with E-state index in [1.165, 1.54) is 24.2 Å². The van der Waals surface area contributed by atoms with Gasteiger partial charge in [-0.3, -0.25) is 0 Å². The van der Waals surface area contributed by atoms with Crippen LogP contribution in [0.25, 0.3) is 0 Å². The normalized spacial score (nSPS) is 22.0. The Labute approximate surface area is 165 Å². The molecular weight excluding hydrogens is 360 g/mol. The van der Waals surface area contributed by atoms with Crippen molar-refractivity contribution >= 4 is 11.8 Å². The maximum atomic E-state index is 6.74. The predicted octanol–water partition coefficient (Wildman–Crippen LogP) is 5.63. The number of ether oxygens (including phenoxy) is 4. The van der Waals surface area contributed by atoms with E-state index in [2.05, 4.69) is 18.2 Å². The molecule has 0 N–H and O–H groups in total. The van der Waals surface area contributed by atoms with Crippen LogP contribution in [0.1, 0.15) is 37.7 Å². The molecular formula is C22H26O4S. The minimum absolute atomic E-state index is 0.389. The largest absolute Gasteiger partial charge is 0.496 e. The van der Waals surface area contributed by atoms with Gasteiger partial charge in [-0.2, -0.15) is 0 Å². The van der Waals surface area contributed by atoms with Gasteiger partial charge in [0.1, 0.15) is 23.0 Å². The molecule has 0 aromatic heterocycles. The van der Waals surface area contributed by atoms with E-state index in [4.69, 9.17) is 18.9 Å². The molecule has 4 nitrogen and oxygen atoms in total. The molecule has 1 heterocycles.